The lowest BCUT2D eigenvalue weighted by Gasteiger charge is -2.27. The summed E-state index contributed by atoms with van der Waals surface area (Å²) in [6.45, 7) is 0.163. The van der Waals surface area contributed by atoms with Gasteiger partial charge in [0.2, 0.25) is 0 Å². The molecule has 31 heavy (non-hydrogen) atoms. The summed E-state index contributed by atoms with van der Waals surface area (Å²) in [6, 6.07) is 17.3. The Morgan fingerprint density at radius 2 is 1.97 bits per heavy atom. The third-order valence-electron chi connectivity index (χ3n) is 5.32. The van der Waals surface area contributed by atoms with Crippen LogP contribution in [0.4, 0.5) is 0 Å². The number of amides is 1. The molecule has 1 aliphatic heterocycles. The second kappa shape index (κ2) is 8.77. The van der Waals surface area contributed by atoms with E-state index in [4.69, 9.17) is 20.8 Å². The molecule has 0 bridgehead atoms. The second-order valence-corrected chi connectivity index (χ2v) is 10.2. The van der Waals surface area contributed by atoms with Crippen LogP contribution in [0.15, 0.2) is 65.1 Å². The third kappa shape index (κ3) is 4.94. The molecule has 8 heteroatoms. The molecule has 0 spiro atoms. The number of halogens is 1. The summed E-state index contributed by atoms with van der Waals surface area (Å²) in [5.41, 5.74) is 1.26. The number of methoxy groups -OCH3 is 1. The molecule has 1 saturated heterocycles. The second-order valence-electron chi connectivity index (χ2n) is 7.50. The first kappa shape index (κ1) is 21.5. The Morgan fingerprint density at radius 3 is 2.68 bits per heavy atom. The topological polar surface area (TPSA) is 76.8 Å². The maximum absolute atomic E-state index is 13.4. The standard InChI is InChI=1S/C23H22ClNO5S/c1-29-20-7-3-5-17(13-20)23(26)25(19-10-11-31(27,28)15-19)14-21-8-9-22(30-21)16-4-2-6-18(24)12-16/h2-9,12-13,19H,10-11,14-15H2,1H3/t19-/m1/s1. The molecule has 0 N–H and O–H groups in total. The largest absolute Gasteiger partial charge is 0.497 e. The molecule has 1 aliphatic rings. The Bertz CT molecular complexity index is 1200. The average molecular weight is 460 g/mol. The van der Waals surface area contributed by atoms with E-state index in [1.54, 1.807) is 47.4 Å². The van der Waals surface area contributed by atoms with Gasteiger partial charge in [0.25, 0.3) is 5.91 Å². The number of furan rings is 1. The summed E-state index contributed by atoms with van der Waals surface area (Å²) in [4.78, 5) is 14.9. The van der Waals surface area contributed by atoms with Crippen LogP contribution in [0, 0.1) is 0 Å². The normalized spacial score (nSPS) is 17.4. The predicted octanol–water partition coefficient (Wildman–Crippen LogP) is 4.44. The maximum atomic E-state index is 13.4. The van der Waals surface area contributed by atoms with Crippen LogP contribution < -0.4 is 4.74 Å². The monoisotopic (exact) mass is 459 g/mol. The van der Waals surface area contributed by atoms with E-state index < -0.39 is 15.9 Å². The maximum Gasteiger partial charge on any atom is 0.254 e. The lowest BCUT2D eigenvalue weighted by atomic mass is 10.1. The number of hydrogen-bond acceptors (Lipinski definition) is 5. The highest BCUT2D eigenvalue weighted by Gasteiger charge is 2.35. The zero-order valence-electron chi connectivity index (χ0n) is 17.0. The Hall–Kier alpha value is -2.77. The summed E-state index contributed by atoms with van der Waals surface area (Å²) in [7, 11) is -1.63. The van der Waals surface area contributed by atoms with Crippen LogP contribution in [0.3, 0.4) is 0 Å². The first-order valence-electron chi connectivity index (χ1n) is 9.85. The molecule has 0 aliphatic carbocycles. The number of carbonyl (C=O) groups excluding carboxylic acids is 1. The Balaban J connectivity index is 1.63. The van der Waals surface area contributed by atoms with Gasteiger partial charge in [0.05, 0.1) is 25.2 Å². The number of sulfone groups is 1. The third-order valence-corrected chi connectivity index (χ3v) is 7.31. The van der Waals surface area contributed by atoms with Crippen molar-refractivity contribution in [3.63, 3.8) is 0 Å². The van der Waals surface area contributed by atoms with Crippen molar-refractivity contribution in [1.29, 1.82) is 0 Å². The van der Waals surface area contributed by atoms with Gasteiger partial charge in [-0.1, -0.05) is 29.8 Å². The van der Waals surface area contributed by atoms with Crippen LogP contribution in [-0.4, -0.2) is 43.9 Å². The van der Waals surface area contributed by atoms with Crippen molar-refractivity contribution in [3.05, 3.63) is 77.0 Å². The van der Waals surface area contributed by atoms with E-state index in [9.17, 15) is 13.2 Å². The number of nitrogens with zero attached hydrogens (tertiary/aromatic N) is 1. The smallest absolute Gasteiger partial charge is 0.254 e. The minimum atomic E-state index is -3.17. The zero-order chi connectivity index (χ0) is 22.0. The summed E-state index contributed by atoms with van der Waals surface area (Å²) >= 11 is 6.07. The number of carbonyl (C=O) groups is 1. The molecule has 2 heterocycles. The first-order valence-corrected chi connectivity index (χ1v) is 12.0. The van der Waals surface area contributed by atoms with E-state index in [1.165, 1.54) is 7.11 Å². The minimum absolute atomic E-state index is 0.0510. The molecule has 4 rings (SSSR count). The quantitative estimate of drug-likeness (QED) is 0.544. The molecule has 1 aromatic heterocycles. The molecular formula is C23H22ClNO5S. The molecule has 0 radical (unpaired) electrons. The van der Waals surface area contributed by atoms with E-state index in [1.807, 2.05) is 18.2 Å². The van der Waals surface area contributed by atoms with Gasteiger partial charge in [-0.25, -0.2) is 8.42 Å². The van der Waals surface area contributed by atoms with Gasteiger partial charge >= 0.3 is 0 Å². The Kier molecular flexibility index (Phi) is 6.07. The lowest BCUT2D eigenvalue weighted by molar-refractivity contribution is 0.0666. The number of rotatable bonds is 6. The van der Waals surface area contributed by atoms with Crippen molar-refractivity contribution in [3.8, 4) is 17.1 Å². The Labute approximate surface area is 186 Å². The van der Waals surface area contributed by atoms with E-state index in [2.05, 4.69) is 0 Å². The van der Waals surface area contributed by atoms with Crippen molar-refractivity contribution < 1.29 is 22.4 Å². The number of hydrogen-bond donors (Lipinski definition) is 0. The molecular weight excluding hydrogens is 438 g/mol. The van der Waals surface area contributed by atoms with Gasteiger partial charge in [-0.05, 0) is 48.9 Å². The highest BCUT2D eigenvalue weighted by Crippen LogP contribution is 2.28. The highest BCUT2D eigenvalue weighted by molar-refractivity contribution is 7.91. The van der Waals surface area contributed by atoms with Gasteiger partial charge in [0.1, 0.15) is 17.3 Å². The van der Waals surface area contributed by atoms with Gasteiger partial charge in [-0.2, -0.15) is 0 Å². The molecule has 162 valence electrons. The van der Waals surface area contributed by atoms with Crippen LogP contribution in [0.2, 0.25) is 5.02 Å². The summed E-state index contributed by atoms with van der Waals surface area (Å²) in [5.74, 6) is 1.52. The molecule has 0 saturated carbocycles. The molecule has 0 unspecified atom stereocenters. The molecule has 2 aromatic carbocycles. The van der Waals surface area contributed by atoms with Crippen molar-refractivity contribution in [1.82, 2.24) is 4.90 Å². The van der Waals surface area contributed by atoms with Gasteiger partial charge < -0.3 is 14.1 Å². The fourth-order valence-corrected chi connectivity index (χ4v) is 5.66. The van der Waals surface area contributed by atoms with Crippen LogP contribution in [-0.2, 0) is 16.4 Å². The summed E-state index contributed by atoms with van der Waals surface area (Å²) < 4.78 is 35.4. The fourth-order valence-electron chi connectivity index (χ4n) is 3.74. The predicted molar refractivity (Wildman–Crippen MR) is 119 cm³/mol. The van der Waals surface area contributed by atoms with Gasteiger partial charge in [-0.3, -0.25) is 4.79 Å². The molecule has 1 fully saturated rings. The first-order chi connectivity index (χ1) is 14.8. The van der Waals surface area contributed by atoms with Crippen molar-refractivity contribution >= 4 is 27.3 Å². The molecule has 3 aromatic rings. The number of benzene rings is 2. The van der Waals surface area contributed by atoms with E-state index in [0.717, 1.165) is 5.56 Å². The van der Waals surface area contributed by atoms with Crippen molar-refractivity contribution in [2.75, 3.05) is 18.6 Å². The average Bonchev–Trinajstić information content (AvgIpc) is 3.37. The number of ether oxygens (including phenoxy) is 1. The highest BCUT2D eigenvalue weighted by atomic mass is 35.5. The zero-order valence-corrected chi connectivity index (χ0v) is 18.5. The van der Waals surface area contributed by atoms with E-state index >= 15 is 0 Å². The lowest BCUT2D eigenvalue weighted by Crippen LogP contribution is -2.40. The summed E-state index contributed by atoms with van der Waals surface area (Å²) in [6.07, 6.45) is 0.403. The van der Waals surface area contributed by atoms with Gasteiger partial charge in [-0.15, -0.1) is 0 Å². The van der Waals surface area contributed by atoms with Crippen LogP contribution in [0.5, 0.6) is 5.75 Å². The minimum Gasteiger partial charge on any atom is -0.497 e. The molecule has 1 amide bonds. The molecule has 1 atom stereocenters. The van der Waals surface area contributed by atoms with Crippen molar-refractivity contribution in [2.24, 2.45) is 0 Å². The Morgan fingerprint density at radius 1 is 1.16 bits per heavy atom. The van der Waals surface area contributed by atoms with Gasteiger partial charge in [0, 0.05) is 22.2 Å². The van der Waals surface area contributed by atoms with E-state index in [-0.39, 0.29) is 24.0 Å². The van der Waals surface area contributed by atoms with E-state index in [0.29, 0.717) is 34.3 Å². The van der Waals surface area contributed by atoms with Crippen LogP contribution >= 0.6 is 11.6 Å². The SMILES string of the molecule is COc1cccc(C(=O)N(Cc2ccc(-c3cccc(Cl)c3)o2)[C@@H]2CCS(=O)(=O)C2)c1. The summed E-state index contributed by atoms with van der Waals surface area (Å²) in [5, 5.41) is 0.599. The van der Waals surface area contributed by atoms with Crippen molar-refractivity contribution in [2.45, 2.75) is 19.0 Å². The van der Waals surface area contributed by atoms with Crippen LogP contribution in [0.1, 0.15) is 22.5 Å². The molecule has 6 nitrogen and oxygen atoms in total. The van der Waals surface area contributed by atoms with Crippen LogP contribution in [0.25, 0.3) is 11.3 Å². The van der Waals surface area contributed by atoms with Gasteiger partial charge in [0.15, 0.2) is 9.84 Å². The fraction of sp³-hybridized carbons (Fsp3) is 0.261.